The van der Waals surface area contributed by atoms with Gasteiger partial charge in [0.15, 0.2) is 0 Å². The van der Waals surface area contributed by atoms with Gasteiger partial charge in [-0.25, -0.2) is 0 Å². The standard InChI is InChI=1S/C11H14ClNOS/c12-11-5-8-9(1-2-10(8)15-11)13-7-3-4-14-6-7/h5,7,9,13H,1-4,6H2. The summed E-state index contributed by atoms with van der Waals surface area (Å²) < 4.78 is 6.30. The maximum atomic E-state index is 6.03. The van der Waals surface area contributed by atoms with E-state index >= 15 is 0 Å². The van der Waals surface area contributed by atoms with Gasteiger partial charge in [0.1, 0.15) is 0 Å². The molecule has 1 aliphatic carbocycles. The number of ether oxygens (including phenoxy) is 1. The summed E-state index contributed by atoms with van der Waals surface area (Å²) in [6.07, 6.45) is 3.54. The average molecular weight is 244 g/mol. The van der Waals surface area contributed by atoms with Gasteiger partial charge in [-0.15, -0.1) is 11.3 Å². The Kier molecular flexibility index (Phi) is 2.73. The first-order valence-corrected chi connectivity index (χ1v) is 6.64. The summed E-state index contributed by atoms with van der Waals surface area (Å²) >= 11 is 7.76. The summed E-state index contributed by atoms with van der Waals surface area (Å²) in [6.45, 7) is 1.77. The maximum Gasteiger partial charge on any atom is 0.0934 e. The first-order chi connectivity index (χ1) is 7.33. The van der Waals surface area contributed by atoms with Gasteiger partial charge >= 0.3 is 0 Å². The summed E-state index contributed by atoms with van der Waals surface area (Å²) in [5.74, 6) is 0. The Morgan fingerprint density at radius 1 is 1.47 bits per heavy atom. The van der Waals surface area contributed by atoms with Crippen molar-refractivity contribution in [2.45, 2.75) is 31.3 Å². The number of hydrogen-bond donors (Lipinski definition) is 1. The van der Waals surface area contributed by atoms with Crippen molar-refractivity contribution >= 4 is 22.9 Å². The summed E-state index contributed by atoms with van der Waals surface area (Å²) in [5.41, 5.74) is 1.43. The number of nitrogens with one attached hydrogen (secondary N) is 1. The molecule has 0 amide bonds. The Balaban J connectivity index is 1.72. The minimum absolute atomic E-state index is 0.510. The normalized spacial score (nSPS) is 29.7. The quantitative estimate of drug-likeness (QED) is 0.863. The molecule has 0 bridgehead atoms. The Bertz CT molecular complexity index is 359. The predicted octanol–water partition coefficient (Wildman–Crippen LogP) is 2.77. The summed E-state index contributed by atoms with van der Waals surface area (Å²) in [4.78, 5) is 1.47. The van der Waals surface area contributed by atoms with Crippen LogP contribution in [0.1, 0.15) is 29.3 Å². The lowest BCUT2D eigenvalue weighted by Crippen LogP contribution is -2.31. The number of thiophene rings is 1. The van der Waals surface area contributed by atoms with Gasteiger partial charge in [-0.05, 0) is 30.9 Å². The SMILES string of the molecule is Clc1cc2c(s1)CCC2NC1CCOC1. The Morgan fingerprint density at radius 3 is 3.20 bits per heavy atom. The van der Waals surface area contributed by atoms with Crippen molar-refractivity contribution in [1.82, 2.24) is 5.32 Å². The van der Waals surface area contributed by atoms with E-state index in [2.05, 4.69) is 11.4 Å². The van der Waals surface area contributed by atoms with Gasteiger partial charge in [0.2, 0.25) is 0 Å². The summed E-state index contributed by atoms with van der Waals surface area (Å²) in [6, 6.07) is 3.18. The van der Waals surface area contributed by atoms with Crippen LogP contribution in [0.15, 0.2) is 6.07 Å². The summed E-state index contributed by atoms with van der Waals surface area (Å²) in [7, 11) is 0. The zero-order chi connectivity index (χ0) is 10.3. The number of rotatable bonds is 2. The fraction of sp³-hybridized carbons (Fsp3) is 0.636. The highest BCUT2D eigenvalue weighted by atomic mass is 35.5. The molecule has 2 aliphatic rings. The lowest BCUT2D eigenvalue weighted by molar-refractivity contribution is 0.188. The number of halogens is 1. The van der Waals surface area contributed by atoms with E-state index in [1.807, 2.05) is 0 Å². The van der Waals surface area contributed by atoms with Crippen molar-refractivity contribution in [2.75, 3.05) is 13.2 Å². The van der Waals surface area contributed by atoms with E-state index in [0.29, 0.717) is 12.1 Å². The third-order valence-electron chi connectivity index (χ3n) is 3.21. The second kappa shape index (κ2) is 4.06. The third-order valence-corrected chi connectivity index (χ3v) is 4.55. The molecule has 1 aromatic rings. The van der Waals surface area contributed by atoms with Crippen molar-refractivity contribution in [3.8, 4) is 0 Å². The van der Waals surface area contributed by atoms with Crippen LogP contribution in [0, 0.1) is 0 Å². The van der Waals surface area contributed by atoms with Gasteiger partial charge in [-0.3, -0.25) is 0 Å². The van der Waals surface area contributed by atoms with Crippen LogP contribution in [-0.4, -0.2) is 19.3 Å². The fourth-order valence-corrected chi connectivity index (χ4v) is 3.81. The van der Waals surface area contributed by atoms with Gasteiger partial charge in [-0.1, -0.05) is 11.6 Å². The molecule has 4 heteroatoms. The van der Waals surface area contributed by atoms with Crippen molar-refractivity contribution < 1.29 is 4.74 Å². The minimum Gasteiger partial charge on any atom is -0.380 e. The highest BCUT2D eigenvalue weighted by molar-refractivity contribution is 7.16. The molecule has 0 aromatic carbocycles. The van der Waals surface area contributed by atoms with Crippen molar-refractivity contribution in [3.05, 3.63) is 20.8 Å². The van der Waals surface area contributed by atoms with Crippen LogP contribution in [0.4, 0.5) is 0 Å². The van der Waals surface area contributed by atoms with Gasteiger partial charge in [-0.2, -0.15) is 0 Å². The average Bonchev–Trinajstić information content (AvgIpc) is 2.85. The van der Waals surface area contributed by atoms with E-state index < -0.39 is 0 Å². The van der Waals surface area contributed by atoms with Crippen LogP contribution in [0.5, 0.6) is 0 Å². The molecule has 1 aromatic heterocycles. The Hall–Kier alpha value is -0.0900. The molecule has 15 heavy (non-hydrogen) atoms. The molecule has 1 fully saturated rings. The second-order valence-corrected chi connectivity index (χ2v) is 6.02. The second-order valence-electron chi connectivity index (χ2n) is 4.25. The van der Waals surface area contributed by atoms with E-state index in [-0.39, 0.29) is 0 Å². The van der Waals surface area contributed by atoms with E-state index in [9.17, 15) is 0 Å². The third kappa shape index (κ3) is 1.94. The van der Waals surface area contributed by atoms with Crippen LogP contribution in [-0.2, 0) is 11.2 Å². The zero-order valence-corrected chi connectivity index (χ0v) is 10.0. The Labute approximate surface area is 98.6 Å². The molecule has 2 nitrogen and oxygen atoms in total. The molecule has 0 spiro atoms. The first-order valence-electron chi connectivity index (χ1n) is 5.45. The number of aryl methyl sites for hydroxylation is 1. The van der Waals surface area contributed by atoms with E-state index in [4.69, 9.17) is 16.3 Å². The van der Waals surface area contributed by atoms with Crippen LogP contribution >= 0.6 is 22.9 Å². The molecule has 0 saturated carbocycles. The van der Waals surface area contributed by atoms with Crippen LogP contribution in [0.2, 0.25) is 4.34 Å². The van der Waals surface area contributed by atoms with Crippen LogP contribution in [0.3, 0.4) is 0 Å². The monoisotopic (exact) mass is 243 g/mol. The maximum absolute atomic E-state index is 6.03. The molecule has 2 atom stereocenters. The molecule has 2 unspecified atom stereocenters. The fourth-order valence-electron chi connectivity index (χ4n) is 2.45. The van der Waals surface area contributed by atoms with Gasteiger partial charge in [0, 0.05) is 23.6 Å². The van der Waals surface area contributed by atoms with Crippen molar-refractivity contribution in [2.24, 2.45) is 0 Å². The van der Waals surface area contributed by atoms with Crippen molar-refractivity contribution in [1.29, 1.82) is 0 Å². The molecule has 1 N–H and O–H groups in total. The van der Waals surface area contributed by atoms with Crippen molar-refractivity contribution in [3.63, 3.8) is 0 Å². The van der Waals surface area contributed by atoms with E-state index in [0.717, 1.165) is 24.0 Å². The van der Waals surface area contributed by atoms with Gasteiger partial charge < -0.3 is 10.1 Å². The van der Waals surface area contributed by atoms with Gasteiger partial charge in [0.25, 0.3) is 0 Å². The van der Waals surface area contributed by atoms with E-state index in [1.54, 1.807) is 11.3 Å². The molecule has 2 heterocycles. The van der Waals surface area contributed by atoms with Gasteiger partial charge in [0.05, 0.1) is 10.9 Å². The van der Waals surface area contributed by atoms with Crippen LogP contribution < -0.4 is 5.32 Å². The first kappa shape index (κ1) is 10.1. The van der Waals surface area contributed by atoms with E-state index in [1.165, 1.54) is 23.3 Å². The molecule has 3 rings (SSSR count). The lowest BCUT2D eigenvalue weighted by Gasteiger charge is -2.17. The highest BCUT2D eigenvalue weighted by Gasteiger charge is 2.28. The summed E-state index contributed by atoms with van der Waals surface area (Å²) in [5, 5.41) is 3.67. The largest absolute Gasteiger partial charge is 0.380 e. The molecule has 1 aliphatic heterocycles. The Morgan fingerprint density at radius 2 is 2.40 bits per heavy atom. The predicted molar refractivity (Wildman–Crippen MR) is 62.8 cm³/mol. The number of hydrogen-bond acceptors (Lipinski definition) is 3. The minimum atomic E-state index is 0.510. The molecule has 1 saturated heterocycles. The molecular formula is C11H14ClNOS. The molecule has 82 valence electrons. The highest BCUT2D eigenvalue weighted by Crippen LogP contribution is 2.39. The smallest absolute Gasteiger partial charge is 0.0934 e. The topological polar surface area (TPSA) is 21.3 Å². The van der Waals surface area contributed by atoms with Crippen LogP contribution in [0.25, 0.3) is 0 Å². The molecular weight excluding hydrogens is 230 g/mol. The molecule has 0 radical (unpaired) electrons. The zero-order valence-electron chi connectivity index (χ0n) is 8.46. The number of fused-ring (bicyclic) bond motifs is 1. The lowest BCUT2D eigenvalue weighted by atomic mass is 10.1.